The molecule has 1 aromatic rings. The van der Waals surface area contributed by atoms with Crippen molar-refractivity contribution in [3.8, 4) is 5.75 Å². The lowest BCUT2D eigenvalue weighted by Gasteiger charge is -2.16. The standard InChI is InChI=1S/C11H16BrNO2/c1-8-5-9(3-4-11(8)12)15-10(6-13)7-14-2/h3-5,10H,6-7,13H2,1-2H3. The summed E-state index contributed by atoms with van der Waals surface area (Å²) in [5.41, 5.74) is 6.70. The SMILES string of the molecule is COCC(CN)Oc1ccc(Br)c(C)c1. The van der Waals surface area contributed by atoms with E-state index in [9.17, 15) is 0 Å². The quantitative estimate of drug-likeness (QED) is 0.894. The number of aryl methyl sites for hydroxylation is 1. The second-order valence-electron chi connectivity index (χ2n) is 3.34. The molecule has 84 valence electrons. The van der Waals surface area contributed by atoms with Crippen molar-refractivity contribution in [1.82, 2.24) is 0 Å². The monoisotopic (exact) mass is 273 g/mol. The van der Waals surface area contributed by atoms with E-state index in [1.165, 1.54) is 0 Å². The Hall–Kier alpha value is -0.580. The van der Waals surface area contributed by atoms with Gasteiger partial charge in [0.05, 0.1) is 6.61 Å². The second-order valence-corrected chi connectivity index (χ2v) is 4.20. The molecule has 0 saturated heterocycles. The van der Waals surface area contributed by atoms with Gasteiger partial charge in [-0.2, -0.15) is 0 Å². The summed E-state index contributed by atoms with van der Waals surface area (Å²) in [6.45, 7) is 2.97. The van der Waals surface area contributed by atoms with Gasteiger partial charge in [-0.05, 0) is 30.7 Å². The van der Waals surface area contributed by atoms with Gasteiger partial charge in [0, 0.05) is 18.1 Å². The van der Waals surface area contributed by atoms with E-state index >= 15 is 0 Å². The highest BCUT2D eigenvalue weighted by molar-refractivity contribution is 9.10. The van der Waals surface area contributed by atoms with Gasteiger partial charge >= 0.3 is 0 Å². The first-order chi connectivity index (χ1) is 7.17. The zero-order valence-corrected chi connectivity index (χ0v) is 10.6. The van der Waals surface area contributed by atoms with Gasteiger partial charge in [0.1, 0.15) is 11.9 Å². The van der Waals surface area contributed by atoms with Crippen molar-refractivity contribution in [3.05, 3.63) is 28.2 Å². The molecule has 0 bridgehead atoms. The van der Waals surface area contributed by atoms with Crippen LogP contribution < -0.4 is 10.5 Å². The van der Waals surface area contributed by atoms with Crippen LogP contribution in [0.4, 0.5) is 0 Å². The Balaban J connectivity index is 2.66. The number of halogens is 1. The van der Waals surface area contributed by atoms with Crippen molar-refractivity contribution in [2.45, 2.75) is 13.0 Å². The molecule has 0 aliphatic heterocycles. The summed E-state index contributed by atoms with van der Waals surface area (Å²) in [6.07, 6.45) is -0.0874. The van der Waals surface area contributed by atoms with Crippen LogP contribution in [-0.2, 0) is 4.74 Å². The van der Waals surface area contributed by atoms with E-state index in [2.05, 4.69) is 15.9 Å². The number of ether oxygens (including phenoxy) is 2. The Morgan fingerprint density at radius 3 is 2.73 bits per heavy atom. The van der Waals surface area contributed by atoms with Gasteiger partial charge in [-0.3, -0.25) is 0 Å². The molecule has 2 N–H and O–H groups in total. The molecule has 3 nitrogen and oxygen atoms in total. The minimum atomic E-state index is -0.0874. The molecule has 0 spiro atoms. The normalized spacial score (nSPS) is 12.5. The van der Waals surface area contributed by atoms with Crippen molar-refractivity contribution < 1.29 is 9.47 Å². The van der Waals surface area contributed by atoms with Crippen molar-refractivity contribution in [3.63, 3.8) is 0 Å². The number of methoxy groups -OCH3 is 1. The fourth-order valence-electron chi connectivity index (χ4n) is 1.22. The third-order valence-corrected chi connectivity index (χ3v) is 2.94. The van der Waals surface area contributed by atoms with Crippen molar-refractivity contribution >= 4 is 15.9 Å². The van der Waals surface area contributed by atoms with Crippen molar-refractivity contribution in [2.24, 2.45) is 5.73 Å². The van der Waals surface area contributed by atoms with Crippen LogP contribution in [0.3, 0.4) is 0 Å². The number of hydrogen-bond acceptors (Lipinski definition) is 3. The summed E-state index contributed by atoms with van der Waals surface area (Å²) in [6, 6.07) is 5.85. The van der Waals surface area contributed by atoms with E-state index in [4.69, 9.17) is 15.2 Å². The van der Waals surface area contributed by atoms with E-state index in [0.717, 1.165) is 15.8 Å². The molecule has 15 heavy (non-hydrogen) atoms. The molecular formula is C11H16BrNO2. The van der Waals surface area contributed by atoms with Crippen LogP contribution in [0.1, 0.15) is 5.56 Å². The number of nitrogens with two attached hydrogens (primary N) is 1. The molecule has 0 aliphatic carbocycles. The van der Waals surface area contributed by atoms with Crippen LogP contribution in [0.15, 0.2) is 22.7 Å². The third kappa shape index (κ3) is 3.81. The topological polar surface area (TPSA) is 44.5 Å². The van der Waals surface area contributed by atoms with Gasteiger partial charge in [0.2, 0.25) is 0 Å². The Morgan fingerprint density at radius 2 is 2.20 bits per heavy atom. The van der Waals surface area contributed by atoms with E-state index in [0.29, 0.717) is 13.2 Å². The molecule has 1 aromatic carbocycles. The highest BCUT2D eigenvalue weighted by Crippen LogP contribution is 2.22. The Labute approximate surface area is 98.7 Å². The molecule has 0 fully saturated rings. The number of hydrogen-bond donors (Lipinski definition) is 1. The van der Waals surface area contributed by atoms with Crippen LogP contribution in [-0.4, -0.2) is 26.4 Å². The van der Waals surface area contributed by atoms with Gasteiger partial charge < -0.3 is 15.2 Å². The van der Waals surface area contributed by atoms with Crippen LogP contribution in [0, 0.1) is 6.92 Å². The van der Waals surface area contributed by atoms with Gasteiger partial charge in [0.15, 0.2) is 0 Å². The average molecular weight is 274 g/mol. The molecule has 0 saturated carbocycles. The average Bonchev–Trinajstić information content (AvgIpc) is 2.23. The fourth-order valence-corrected chi connectivity index (χ4v) is 1.47. The second kappa shape index (κ2) is 6.10. The largest absolute Gasteiger partial charge is 0.487 e. The molecule has 1 unspecified atom stereocenters. The smallest absolute Gasteiger partial charge is 0.134 e. The van der Waals surface area contributed by atoms with Gasteiger partial charge in [-0.25, -0.2) is 0 Å². The molecular weight excluding hydrogens is 258 g/mol. The third-order valence-electron chi connectivity index (χ3n) is 2.05. The lowest BCUT2D eigenvalue weighted by atomic mass is 10.2. The maximum absolute atomic E-state index is 5.67. The van der Waals surface area contributed by atoms with Crippen LogP contribution >= 0.6 is 15.9 Å². The molecule has 0 heterocycles. The fraction of sp³-hybridized carbons (Fsp3) is 0.455. The lowest BCUT2D eigenvalue weighted by Crippen LogP contribution is -2.31. The van der Waals surface area contributed by atoms with Gasteiger partial charge in [-0.1, -0.05) is 15.9 Å². The van der Waals surface area contributed by atoms with E-state index in [1.807, 2.05) is 25.1 Å². The minimum absolute atomic E-state index is 0.0874. The van der Waals surface area contributed by atoms with Crippen molar-refractivity contribution in [2.75, 3.05) is 20.3 Å². The van der Waals surface area contributed by atoms with Crippen LogP contribution in [0.2, 0.25) is 0 Å². The van der Waals surface area contributed by atoms with E-state index in [1.54, 1.807) is 7.11 Å². The summed E-state index contributed by atoms with van der Waals surface area (Å²) in [5.74, 6) is 0.822. The molecule has 4 heteroatoms. The first kappa shape index (κ1) is 12.5. The maximum atomic E-state index is 5.67. The summed E-state index contributed by atoms with van der Waals surface area (Å²) in [4.78, 5) is 0. The summed E-state index contributed by atoms with van der Waals surface area (Å²) < 4.78 is 11.8. The zero-order chi connectivity index (χ0) is 11.3. The molecule has 0 amide bonds. The number of rotatable bonds is 5. The predicted octanol–water partition coefficient (Wildman–Crippen LogP) is 2.11. The molecule has 0 radical (unpaired) electrons. The summed E-state index contributed by atoms with van der Waals surface area (Å²) >= 11 is 3.44. The number of benzene rings is 1. The highest BCUT2D eigenvalue weighted by atomic mass is 79.9. The van der Waals surface area contributed by atoms with E-state index in [-0.39, 0.29) is 6.10 Å². The molecule has 0 aromatic heterocycles. The summed E-state index contributed by atoms with van der Waals surface area (Å²) in [5, 5.41) is 0. The molecule has 1 rings (SSSR count). The zero-order valence-electron chi connectivity index (χ0n) is 9.00. The Kier molecular flexibility index (Phi) is 5.08. The predicted molar refractivity (Wildman–Crippen MR) is 64.2 cm³/mol. The maximum Gasteiger partial charge on any atom is 0.134 e. The summed E-state index contributed by atoms with van der Waals surface area (Å²) in [7, 11) is 1.64. The Bertz CT molecular complexity index is 317. The molecule has 0 aliphatic rings. The van der Waals surface area contributed by atoms with Crippen LogP contribution in [0.25, 0.3) is 0 Å². The first-order valence-corrected chi connectivity index (χ1v) is 5.58. The minimum Gasteiger partial charge on any atom is -0.487 e. The molecule has 1 atom stereocenters. The van der Waals surface area contributed by atoms with E-state index < -0.39 is 0 Å². The lowest BCUT2D eigenvalue weighted by molar-refractivity contribution is 0.0860. The first-order valence-electron chi connectivity index (χ1n) is 4.79. The van der Waals surface area contributed by atoms with Crippen molar-refractivity contribution in [1.29, 1.82) is 0 Å². The highest BCUT2D eigenvalue weighted by Gasteiger charge is 2.08. The van der Waals surface area contributed by atoms with Crippen LogP contribution in [0.5, 0.6) is 5.75 Å². The Morgan fingerprint density at radius 1 is 1.47 bits per heavy atom. The van der Waals surface area contributed by atoms with Gasteiger partial charge in [-0.15, -0.1) is 0 Å². The van der Waals surface area contributed by atoms with Gasteiger partial charge in [0.25, 0.3) is 0 Å².